The molecule has 0 atom stereocenters. The molecule has 0 aliphatic carbocycles. The fraction of sp³-hybridized carbons (Fsp3) is 0.412. The molecule has 0 amide bonds. The molecule has 110 valence electrons. The highest BCUT2D eigenvalue weighted by atomic mass is 16.5. The Labute approximate surface area is 125 Å². The van der Waals surface area contributed by atoms with E-state index in [1.807, 2.05) is 13.8 Å². The zero-order valence-electron chi connectivity index (χ0n) is 12.9. The molecule has 0 bridgehead atoms. The molecule has 0 radical (unpaired) electrons. The van der Waals surface area contributed by atoms with E-state index in [1.165, 1.54) is 5.56 Å². The van der Waals surface area contributed by atoms with Gasteiger partial charge in [0.1, 0.15) is 11.4 Å². The molecule has 21 heavy (non-hydrogen) atoms. The van der Waals surface area contributed by atoms with Crippen molar-refractivity contribution in [2.24, 2.45) is 0 Å². The number of hydrogen-bond donors (Lipinski definition) is 1. The number of ether oxygens (including phenoxy) is 1. The number of fused-ring (bicyclic) bond motifs is 1. The van der Waals surface area contributed by atoms with Gasteiger partial charge in [-0.2, -0.15) is 0 Å². The van der Waals surface area contributed by atoms with Crippen molar-refractivity contribution < 1.29 is 4.74 Å². The van der Waals surface area contributed by atoms with Gasteiger partial charge in [-0.15, -0.1) is 0 Å². The third kappa shape index (κ3) is 2.58. The van der Waals surface area contributed by atoms with Crippen LogP contribution >= 0.6 is 0 Å². The van der Waals surface area contributed by atoms with Gasteiger partial charge in [0.2, 0.25) is 0 Å². The Hall–Kier alpha value is -2.10. The summed E-state index contributed by atoms with van der Waals surface area (Å²) in [7, 11) is 0. The van der Waals surface area contributed by atoms with Gasteiger partial charge in [-0.3, -0.25) is 0 Å². The molecule has 3 rings (SSSR count). The largest absolute Gasteiger partial charge is 0.492 e. The third-order valence-corrected chi connectivity index (χ3v) is 3.82. The summed E-state index contributed by atoms with van der Waals surface area (Å²) in [5, 5.41) is 3.39. The Morgan fingerprint density at radius 1 is 1.19 bits per heavy atom. The minimum absolute atomic E-state index is 0.752. The van der Waals surface area contributed by atoms with E-state index in [-0.39, 0.29) is 0 Å². The molecule has 0 spiro atoms. The molecule has 2 aromatic rings. The number of hydrogen-bond acceptors (Lipinski definition) is 4. The molecule has 0 saturated heterocycles. The highest BCUT2D eigenvalue weighted by Gasteiger charge is 2.21. The highest BCUT2D eigenvalue weighted by molar-refractivity contribution is 5.78. The van der Waals surface area contributed by atoms with Crippen molar-refractivity contribution in [3.63, 3.8) is 0 Å². The first-order chi connectivity index (χ1) is 10.2. The molecular weight excluding hydrogens is 262 g/mol. The van der Waals surface area contributed by atoms with E-state index in [1.54, 1.807) is 0 Å². The molecular formula is C17H21N3O. The topological polar surface area (TPSA) is 47.0 Å². The van der Waals surface area contributed by atoms with E-state index in [0.717, 1.165) is 60.2 Å². The van der Waals surface area contributed by atoms with E-state index in [9.17, 15) is 0 Å². The van der Waals surface area contributed by atoms with Crippen LogP contribution in [0.3, 0.4) is 0 Å². The molecule has 4 nitrogen and oxygen atoms in total. The Balaban J connectivity index is 2.13. The molecule has 1 aliphatic heterocycles. The average molecular weight is 283 g/mol. The van der Waals surface area contributed by atoms with Crippen LogP contribution in [0.1, 0.15) is 30.3 Å². The van der Waals surface area contributed by atoms with Crippen LogP contribution in [0.25, 0.3) is 11.3 Å². The average Bonchev–Trinajstić information content (AvgIpc) is 2.96. The lowest BCUT2D eigenvalue weighted by molar-refractivity contribution is 0.358. The van der Waals surface area contributed by atoms with E-state index in [4.69, 9.17) is 9.72 Å². The molecule has 0 saturated carbocycles. The zero-order chi connectivity index (χ0) is 14.8. The molecule has 1 N–H and O–H groups in total. The second kappa shape index (κ2) is 5.72. The summed E-state index contributed by atoms with van der Waals surface area (Å²) in [6.07, 6.45) is 2.02. The van der Waals surface area contributed by atoms with Crippen LogP contribution in [-0.4, -0.2) is 23.1 Å². The second-order valence-corrected chi connectivity index (χ2v) is 5.41. The number of aryl methyl sites for hydroxylation is 2. The fourth-order valence-corrected chi connectivity index (χ4v) is 2.56. The van der Waals surface area contributed by atoms with Crippen LogP contribution < -0.4 is 10.1 Å². The van der Waals surface area contributed by atoms with Gasteiger partial charge in [0.05, 0.1) is 18.0 Å². The van der Waals surface area contributed by atoms with Gasteiger partial charge in [-0.25, -0.2) is 9.97 Å². The number of aromatic nitrogens is 2. The van der Waals surface area contributed by atoms with E-state index in [2.05, 4.69) is 35.4 Å². The summed E-state index contributed by atoms with van der Waals surface area (Å²) >= 11 is 0. The first kappa shape index (κ1) is 13.9. The van der Waals surface area contributed by atoms with Crippen molar-refractivity contribution in [2.45, 2.75) is 33.6 Å². The first-order valence-corrected chi connectivity index (χ1v) is 7.55. The van der Waals surface area contributed by atoms with Crippen molar-refractivity contribution in [2.75, 3.05) is 18.5 Å². The summed E-state index contributed by atoms with van der Waals surface area (Å²) in [4.78, 5) is 9.45. The number of rotatable bonds is 4. The van der Waals surface area contributed by atoms with Gasteiger partial charge in [0.15, 0.2) is 5.82 Å². The first-order valence-electron chi connectivity index (χ1n) is 7.55. The minimum atomic E-state index is 0.752. The van der Waals surface area contributed by atoms with Gasteiger partial charge >= 0.3 is 0 Å². The SMILES string of the molecule is CCCNc1nc(C)c(C)nc1-c1cccc2c1OCC2. The summed E-state index contributed by atoms with van der Waals surface area (Å²) in [5.74, 6) is 1.82. The molecule has 1 aliphatic rings. The predicted molar refractivity (Wildman–Crippen MR) is 84.9 cm³/mol. The normalized spacial score (nSPS) is 12.9. The van der Waals surface area contributed by atoms with Crippen LogP contribution in [0.2, 0.25) is 0 Å². The fourth-order valence-electron chi connectivity index (χ4n) is 2.56. The molecule has 4 heteroatoms. The van der Waals surface area contributed by atoms with E-state index < -0.39 is 0 Å². The van der Waals surface area contributed by atoms with E-state index in [0.29, 0.717) is 0 Å². The van der Waals surface area contributed by atoms with Crippen molar-refractivity contribution in [3.8, 4) is 17.0 Å². The number of benzene rings is 1. The van der Waals surface area contributed by atoms with Crippen LogP contribution in [0.15, 0.2) is 18.2 Å². The van der Waals surface area contributed by atoms with Crippen LogP contribution in [0.5, 0.6) is 5.75 Å². The minimum Gasteiger partial charge on any atom is -0.492 e. The lowest BCUT2D eigenvalue weighted by Crippen LogP contribution is -2.08. The molecule has 0 unspecified atom stereocenters. The Morgan fingerprint density at radius 2 is 2.00 bits per heavy atom. The molecule has 2 heterocycles. The maximum absolute atomic E-state index is 5.82. The Bertz CT molecular complexity index is 667. The Morgan fingerprint density at radius 3 is 2.81 bits per heavy atom. The highest BCUT2D eigenvalue weighted by Crippen LogP contribution is 2.38. The number of nitrogens with zero attached hydrogens (tertiary/aromatic N) is 2. The molecule has 0 fully saturated rings. The smallest absolute Gasteiger partial charge is 0.153 e. The number of para-hydroxylation sites is 1. The van der Waals surface area contributed by atoms with Crippen LogP contribution in [-0.2, 0) is 6.42 Å². The molecule has 1 aromatic heterocycles. The number of nitrogens with one attached hydrogen (secondary N) is 1. The number of anilines is 1. The summed E-state index contributed by atoms with van der Waals surface area (Å²) in [5.41, 5.74) is 5.12. The lowest BCUT2D eigenvalue weighted by atomic mass is 10.0. The monoisotopic (exact) mass is 283 g/mol. The van der Waals surface area contributed by atoms with Crippen LogP contribution in [0.4, 0.5) is 5.82 Å². The van der Waals surface area contributed by atoms with Crippen molar-refractivity contribution in [1.29, 1.82) is 0 Å². The van der Waals surface area contributed by atoms with Gasteiger partial charge in [-0.05, 0) is 31.9 Å². The molecule has 1 aromatic carbocycles. The Kier molecular flexibility index (Phi) is 3.78. The van der Waals surface area contributed by atoms with Gasteiger partial charge in [0, 0.05) is 18.5 Å². The van der Waals surface area contributed by atoms with Crippen molar-refractivity contribution in [1.82, 2.24) is 9.97 Å². The maximum atomic E-state index is 5.82. The summed E-state index contributed by atoms with van der Waals surface area (Å²) < 4.78 is 5.82. The standard InChI is InChI=1S/C17H21N3O/c1-4-9-18-17-15(19-11(2)12(3)20-17)14-7-5-6-13-8-10-21-16(13)14/h5-7H,4,8-10H2,1-3H3,(H,18,20). The van der Waals surface area contributed by atoms with Crippen molar-refractivity contribution in [3.05, 3.63) is 35.2 Å². The van der Waals surface area contributed by atoms with Crippen LogP contribution in [0, 0.1) is 13.8 Å². The zero-order valence-corrected chi connectivity index (χ0v) is 12.9. The second-order valence-electron chi connectivity index (χ2n) is 5.41. The van der Waals surface area contributed by atoms with Gasteiger partial charge < -0.3 is 10.1 Å². The summed E-state index contributed by atoms with van der Waals surface area (Å²) in [6.45, 7) is 7.78. The van der Waals surface area contributed by atoms with Crippen molar-refractivity contribution >= 4 is 5.82 Å². The summed E-state index contributed by atoms with van der Waals surface area (Å²) in [6, 6.07) is 6.27. The predicted octanol–water partition coefficient (Wildman–Crippen LogP) is 3.52. The lowest BCUT2D eigenvalue weighted by Gasteiger charge is -2.14. The third-order valence-electron chi connectivity index (χ3n) is 3.82. The van der Waals surface area contributed by atoms with Gasteiger partial charge in [0.25, 0.3) is 0 Å². The van der Waals surface area contributed by atoms with E-state index >= 15 is 0 Å². The quantitative estimate of drug-likeness (QED) is 0.932. The maximum Gasteiger partial charge on any atom is 0.153 e. The van der Waals surface area contributed by atoms with Gasteiger partial charge in [-0.1, -0.05) is 19.1 Å².